The Morgan fingerprint density at radius 3 is 2.72 bits per heavy atom. The molecule has 3 rings (SSSR count). The van der Waals surface area contributed by atoms with Crippen LogP contribution >= 0.6 is 0 Å². The standard InChI is InChI=1S/C11H17N5O2/c1-15-10(12-13-14-15)9-5-4-8(6-17)16(9)11(18)7-2-3-7/h7-9,17H,2-6H2,1H3/t8-,9-/m0/s1. The molecule has 2 aliphatic rings. The van der Waals surface area contributed by atoms with E-state index in [4.69, 9.17) is 0 Å². The number of aliphatic hydroxyl groups excluding tert-OH is 1. The smallest absolute Gasteiger partial charge is 0.226 e. The molecule has 2 atom stereocenters. The minimum Gasteiger partial charge on any atom is -0.394 e. The highest BCUT2D eigenvalue weighted by molar-refractivity contribution is 5.82. The van der Waals surface area contributed by atoms with Gasteiger partial charge in [-0.05, 0) is 36.1 Å². The third kappa shape index (κ3) is 1.78. The Balaban J connectivity index is 1.88. The summed E-state index contributed by atoms with van der Waals surface area (Å²) >= 11 is 0. The molecule has 0 radical (unpaired) electrons. The van der Waals surface area contributed by atoms with E-state index in [1.165, 1.54) is 0 Å². The van der Waals surface area contributed by atoms with Crippen molar-refractivity contribution in [2.45, 2.75) is 37.8 Å². The minimum atomic E-state index is -0.0877. The molecule has 0 unspecified atom stereocenters. The van der Waals surface area contributed by atoms with E-state index < -0.39 is 0 Å². The number of amides is 1. The molecule has 1 amide bonds. The molecular formula is C11H17N5O2. The maximum atomic E-state index is 12.3. The van der Waals surface area contributed by atoms with Crippen molar-refractivity contribution >= 4 is 5.91 Å². The molecule has 18 heavy (non-hydrogen) atoms. The largest absolute Gasteiger partial charge is 0.394 e. The van der Waals surface area contributed by atoms with Crippen molar-refractivity contribution in [3.05, 3.63) is 5.82 Å². The summed E-state index contributed by atoms with van der Waals surface area (Å²) in [5.41, 5.74) is 0. The van der Waals surface area contributed by atoms with Crippen LogP contribution in [0, 0.1) is 5.92 Å². The van der Waals surface area contributed by atoms with Crippen molar-refractivity contribution < 1.29 is 9.90 Å². The summed E-state index contributed by atoms with van der Waals surface area (Å²) in [4.78, 5) is 14.1. The number of tetrazole rings is 1. The normalized spacial score (nSPS) is 27.8. The van der Waals surface area contributed by atoms with Gasteiger partial charge in [-0.3, -0.25) is 4.79 Å². The molecule has 0 bridgehead atoms. The number of aromatic nitrogens is 4. The lowest BCUT2D eigenvalue weighted by Crippen LogP contribution is -2.40. The monoisotopic (exact) mass is 251 g/mol. The molecule has 1 N–H and O–H groups in total. The predicted octanol–water partition coefficient (Wildman–Crippen LogP) is -0.356. The van der Waals surface area contributed by atoms with Crippen LogP contribution in [-0.4, -0.2) is 48.8 Å². The van der Waals surface area contributed by atoms with Crippen LogP contribution in [0.1, 0.15) is 37.5 Å². The van der Waals surface area contributed by atoms with Crippen LogP contribution in [0.4, 0.5) is 0 Å². The van der Waals surface area contributed by atoms with Gasteiger partial charge in [-0.2, -0.15) is 0 Å². The van der Waals surface area contributed by atoms with Crippen molar-refractivity contribution in [1.29, 1.82) is 0 Å². The summed E-state index contributed by atoms with van der Waals surface area (Å²) in [6.07, 6.45) is 3.57. The zero-order valence-corrected chi connectivity index (χ0v) is 10.4. The number of hydrogen-bond acceptors (Lipinski definition) is 5. The molecule has 1 aliphatic carbocycles. The average Bonchev–Trinajstić information content (AvgIpc) is 3.00. The second kappa shape index (κ2) is 4.31. The Hall–Kier alpha value is -1.50. The molecule has 0 aromatic carbocycles. The molecular weight excluding hydrogens is 234 g/mol. The highest BCUT2D eigenvalue weighted by atomic mass is 16.3. The van der Waals surface area contributed by atoms with Crippen LogP contribution < -0.4 is 0 Å². The Labute approximate surface area is 105 Å². The van der Waals surface area contributed by atoms with E-state index in [1.54, 1.807) is 11.7 Å². The number of hydrogen-bond donors (Lipinski definition) is 1. The van der Waals surface area contributed by atoms with E-state index in [0.717, 1.165) is 25.7 Å². The first-order valence-electron chi connectivity index (χ1n) is 6.37. The fourth-order valence-electron chi connectivity index (χ4n) is 2.71. The van der Waals surface area contributed by atoms with E-state index >= 15 is 0 Å². The fourth-order valence-corrected chi connectivity index (χ4v) is 2.71. The van der Waals surface area contributed by atoms with E-state index in [0.29, 0.717) is 5.82 Å². The highest BCUT2D eigenvalue weighted by Gasteiger charge is 2.44. The number of nitrogens with zero attached hydrogens (tertiary/aromatic N) is 5. The molecule has 7 nitrogen and oxygen atoms in total. The summed E-state index contributed by atoms with van der Waals surface area (Å²) in [5, 5.41) is 20.9. The lowest BCUT2D eigenvalue weighted by atomic mass is 10.2. The zero-order valence-electron chi connectivity index (χ0n) is 10.4. The quantitative estimate of drug-likeness (QED) is 0.793. The Morgan fingerprint density at radius 2 is 2.17 bits per heavy atom. The van der Waals surface area contributed by atoms with Crippen LogP contribution in [0.2, 0.25) is 0 Å². The molecule has 7 heteroatoms. The third-order valence-corrected chi connectivity index (χ3v) is 3.85. The Kier molecular flexibility index (Phi) is 2.77. The van der Waals surface area contributed by atoms with Crippen LogP contribution in [0.3, 0.4) is 0 Å². The summed E-state index contributed by atoms with van der Waals surface area (Å²) < 4.78 is 1.61. The van der Waals surface area contributed by atoms with Crippen molar-refractivity contribution in [3.8, 4) is 0 Å². The Bertz CT molecular complexity index is 456. The van der Waals surface area contributed by atoms with Crippen LogP contribution in [0.15, 0.2) is 0 Å². The van der Waals surface area contributed by atoms with Crippen molar-refractivity contribution in [3.63, 3.8) is 0 Å². The minimum absolute atomic E-state index is 0.0141. The summed E-state index contributed by atoms with van der Waals surface area (Å²) in [6.45, 7) is 0.0141. The van der Waals surface area contributed by atoms with Crippen LogP contribution in [0.25, 0.3) is 0 Å². The lowest BCUT2D eigenvalue weighted by molar-refractivity contribution is -0.136. The van der Waals surface area contributed by atoms with Crippen LogP contribution in [-0.2, 0) is 11.8 Å². The molecule has 1 saturated carbocycles. The van der Waals surface area contributed by atoms with Gasteiger partial charge in [0, 0.05) is 13.0 Å². The number of aliphatic hydroxyl groups is 1. The second-order valence-electron chi connectivity index (χ2n) is 5.11. The number of rotatable bonds is 3. The third-order valence-electron chi connectivity index (χ3n) is 3.85. The number of carbonyl (C=O) groups is 1. The SMILES string of the molecule is Cn1nnnc1[C@@H]1CC[C@@H](CO)N1C(=O)C1CC1. The van der Waals surface area contributed by atoms with Gasteiger partial charge in [0.1, 0.15) is 0 Å². The maximum Gasteiger partial charge on any atom is 0.226 e. The second-order valence-corrected chi connectivity index (χ2v) is 5.11. The van der Waals surface area contributed by atoms with Crippen molar-refractivity contribution in [2.75, 3.05) is 6.61 Å². The summed E-state index contributed by atoms with van der Waals surface area (Å²) in [7, 11) is 1.78. The topological polar surface area (TPSA) is 84.1 Å². The van der Waals surface area contributed by atoms with E-state index in [9.17, 15) is 9.90 Å². The van der Waals surface area contributed by atoms with Gasteiger partial charge in [0.05, 0.1) is 18.7 Å². The number of aryl methyl sites for hydroxylation is 1. The number of carbonyl (C=O) groups excluding carboxylic acids is 1. The van der Waals surface area contributed by atoms with Gasteiger partial charge >= 0.3 is 0 Å². The van der Waals surface area contributed by atoms with Gasteiger partial charge in [-0.15, -0.1) is 5.10 Å². The van der Waals surface area contributed by atoms with Crippen molar-refractivity contribution in [1.82, 2.24) is 25.1 Å². The first-order chi connectivity index (χ1) is 8.72. The lowest BCUT2D eigenvalue weighted by Gasteiger charge is -2.28. The molecule has 1 aliphatic heterocycles. The summed E-state index contributed by atoms with van der Waals surface area (Å²) in [6, 6.07) is -0.171. The van der Waals surface area contributed by atoms with Gasteiger partial charge in [0.2, 0.25) is 5.91 Å². The zero-order chi connectivity index (χ0) is 12.7. The van der Waals surface area contributed by atoms with Crippen LogP contribution in [0.5, 0.6) is 0 Å². The molecule has 2 heterocycles. The molecule has 1 saturated heterocycles. The Morgan fingerprint density at radius 1 is 1.39 bits per heavy atom. The predicted molar refractivity (Wildman–Crippen MR) is 61.2 cm³/mol. The van der Waals surface area contributed by atoms with Gasteiger partial charge in [0.25, 0.3) is 0 Å². The summed E-state index contributed by atoms with van der Waals surface area (Å²) in [5.74, 6) is 1.01. The first kappa shape index (κ1) is 11.6. The fraction of sp³-hybridized carbons (Fsp3) is 0.818. The van der Waals surface area contributed by atoms with E-state index in [-0.39, 0.29) is 30.5 Å². The molecule has 0 spiro atoms. The van der Waals surface area contributed by atoms with E-state index in [2.05, 4.69) is 15.5 Å². The van der Waals surface area contributed by atoms with Gasteiger partial charge < -0.3 is 10.0 Å². The van der Waals surface area contributed by atoms with Gasteiger partial charge in [0.15, 0.2) is 5.82 Å². The number of likely N-dealkylation sites (tertiary alicyclic amines) is 1. The van der Waals surface area contributed by atoms with Gasteiger partial charge in [-0.25, -0.2) is 4.68 Å². The van der Waals surface area contributed by atoms with E-state index in [1.807, 2.05) is 4.90 Å². The molecule has 1 aromatic heterocycles. The first-order valence-corrected chi connectivity index (χ1v) is 6.37. The molecule has 2 fully saturated rings. The average molecular weight is 251 g/mol. The maximum absolute atomic E-state index is 12.3. The highest BCUT2D eigenvalue weighted by Crippen LogP contribution is 2.40. The molecule has 1 aromatic rings. The van der Waals surface area contributed by atoms with Crippen molar-refractivity contribution in [2.24, 2.45) is 13.0 Å². The van der Waals surface area contributed by atoms with Gasteiger partial charge in [-0.1, -0.05) is 0 Å². The molecule has 98 valence electrons.